The normalized spacial score (nSPS) is 10.9. The molecule has 0 bridgehead atoms. The van der Waals surface area contributed by atoms with Gasteiger partial charge < -0.3 is 9.88 Å². The molecule has 0 saturated heterocycles. The van der Waals surface area contributed by atoms with Crippen LogP contribution in [0.1, 0.15) is 0 Å². The first kappa shape index (κ1) is 16.7. The van der Waals surface area contributed by atoms with Gasteiger partial charge in [-0.05, 0) is 18.2 Å². The van der Waals surface area contributed by atoms with Crippen LogP contribution in [0, 0.1) is 5.82 Å². The van der Waals surface area contributed by atoms with Crippen LogP contribution in [-0.4, -0.2) is 20.1 Å². The predicted octanol–water partition coefficient (Wildman–Crippen LogP) is 2.94. The van der Waals surface area contributed by atoms with Crippen molar-refractivity contribution in [3.8, 4) is 11.3 Å². The van der Waals surface area contributed by atoms with Crippen molar-refractivity contribution in [2.24, 2.45) is 0 Å². The first-order valence-corrected chi connectivity index (χ1v) is 8.30. The molecule has 1 N–H and O–H groups in total. The Morgan fingerprint density at radius 1 is 1.04 bits per heavy atom. The molecule has 6 nitrogen and oxygen atoms in total. The van der Waals surface area contributed by atoms with Gasteiger partial charge in [0.1, 0.15) is 17.9 Å². The molecule has 0 fully saturated rings. The van der Waals surface area contributed by atoms with Gasteiger partial charge in [-0.15, -0.1) is 0 Å². The van der Waals surface area contributed by atoms with Gasteiger partial charge in [-0.3, -0.25) is 9.59 Å². The van der Waals surface area contributed by atoms with Crippen molar-refractivity contribution in [3.05, 3.63) is 89.2 Å². The number of amides is 1. The van der Waals surface area contributed by atoms with E-state index in [9.17, 15) is 14.0 Å². The zero-order chi connectivity index (χ0) is 18.8. The molecule has 27 heavy (non-hydrogen) atoms. The van der Waals surface area contributed by atoms with Crippen LogP contribution < -0.4 is 10.9 Å². The average Bonchev–Trinajstić information content (AvgIpc) is 3.12. The molecule has 4 aromatic rings. The van der Waals surface area contributed by atoms with E-state index in [0.717, 1.165) is 5.56 Å². The van der Waals surface area contributed by atoms with Gasteiger partial charge in [-0.1, -0.05) is 42.5 Å². The van der Waals surface area contributed by atoms with Gasteiger partial charge in [0.05, 0.1) is 11.4 Å². The minimum atomic E-state index is -0.531. The molecule has 0 aliphatic heterocycles. The van der Waals surface area contributed by atoms with E-state index in [4.69, 9.17) is 0 Å². The number of anilines is 1. The van der Waals surface area contributed by atoms with Crippen LogP contribution in [0.5, 0.6) is 0 Å². The molecule has 4 rings (SSSR count). The van der Waals surface area contributed by atoms with E-state index in [1.165, 1.54) is 33.5 Å². The fourth-order valence-electron chi connectivity index (χ4n) is 2.81. The minimum absolute atomic E-state index is 0.0762. The van der Waals surface area contributed by atoms with Crippen LogP contribution in [-0.2, 0) is 11.3 Å². The molecule has 0 unspecified atom stereocenters. The molecule has 1 amide bonds. The predicted molar refractivity (Wildman–Crippen MR) is 99.9 cm³/mol. The highest BCUT2D eigenvalue weighted by molar-refractivity contribution is 5.90. The first-order chi connectivity index (χ1) is 13.1. The highest BCUT2D eigenvalue weighted by Crippen LogP contribution is 2.17. The second-order valence-corrected chi connectivity index (χ2v) is 5.98. The molecule has 0 spiro atoms. The molecule has 134 valence electrons. The first-order valence-electron chi connectivity index (χ1n) is 8.30. The molecule has 7 heteroatoms. The number of hydrogen-bond acceptors (Lipinski definition) is 3. The fraction of sp³-hybridized carbons (Fsp3) is 0.0500. The van der Waals surface area contributed by atoms with Crippen molar-refractivity contribution in [1.29, 1.82) is 0 Å². The van der Waals surface area contributed by atoms with Crippen molar-refractivity contribution in [2.75, 3.05) is 5.32 Å². The van der Waals surface area contributed by atoms with Crippen molar-refractivity contribution < 1.29 is 9.18 Å². The zero-order valence-corrected chi connectivity index (χ0v) is 14.2. The lowest BCUT2D eigenvalue weighted by Crippen LogP contribution is -2.28. The standard InChI is InChI=1S/C20H15FN4O2/c21-15-8-4-5-9-16(15)22-19(26)13-24-10-11-25-18(20(24)27)12-17(23-25)14-6-2-1-3-7-14/h1-12H,13H2,(H,22,26). The summed E-state index contributed by atoms with van der Waals surface area (Å²) in [6.07, 6.45) is 3.09. The highest BCUT2D eigenvalue weighted by atomic mass is 19.1. The van der Waals surface area contributed by atoms with E-state index in [2.05, 4.69) is 10.4 Å². The van der Waals surface area contributed by atoms with Gasteiger partial charge in [0.2, 0.25) is 5.91 Å². The topological polar surface area (TPSA) is 68.4 Å². The average molecular weight is 362 g/mol. The number of nitrogens with zero attached hydrogens (tertiary/aromatic N) is 3. The Balaban J connectivity index is 1.61. The van der Waals surface area contributed by atoms with E-state index < -0.39 is 11.7 Å². The summed E-state index contributed by atoms with van der Waals surface area (Å²) >= 11 is 0. The number of carbonyl (C=O) groups is 1. The molecular formula is C20H15FN4O2. The maximum absolute atomic E-state index is 13.6. The van der Waals surface area contributed by atoms with Crippen molar-refractivity contribution in [2.45, 2.75) is 6.54 Å². The number of benzene rings is 2. The number of para-hydroxylation sites is 1. The summed E-state index contributed by atoms with van der Waals surface area (Å²) in [7, 11) is 0. The molecule has 2 heterocycles. The lowest BCUT2D eigenvalue weighted by molar-refractivity contribution is -0.116. The molecule has 0 aliphatic carbocycles. The Morgan fingerprint density at radius 3 is 2.56 bits per heavy atom. The number of nitrogens with one attached hydrogen (secondary N) is 1. The Kier molecular flexibility index (Phi) is 4.25. The largest absolute Gasteiger partial charge is 0.322 e. The van der Waals surface area contributed by atoms with Gasteiger partial charge in [-0.25, -0.2) is 8.91 Å². The fourth-order valence-corrected chi connectivity index (χ4v) is 2.81. The smallest absolute Gasteiger partial charge is 0.277 e. The van der Waals surface area contributed by atoms with E-state index in [0.29, 0.717) is 11.2 Å². The lowest BCUT2D eigenvalue weighted by atomic mass is 10.1. The van der Waals surface area contributed by atoms with E-state index in [-0.39, 0.29) is 17.8 Å². The number of hydrogen-bond donors (Lipinski definition) is 1. The third-order valence-corrected chi connectivity index (χ3v) is 4.13. The van der Waals surface area contributed by atoms with E-state index in [1.54, 1.807) is 18.3 Å². The minimum Gasteiger partial charge on any atom is -0.322 e. The van der Waals surface area contributed by atoms with Crippen LogP contribution in [0.4, 0.5) is 10.1 Å². The second-order valence-electron chi connectivity index (χ2n) is 5.98. The van der Waals surface area contributed by atoms with Crippen LogP contribution in [0.2, 0.25) is 0 Å². The molecule has 2 aromatic heterocycles. The van der Waals surface area contributed by atoms with E-state index >= 15 is 0 Å². The molecule has 0 atom stereocenters. The van der Waals surface area contributed by atoms with Crippen LogP contribution in [0.3, 0.4) is 0 Å². The van der Waals surface area contributed by atoms with Crippen molar-refractivity contribution >= 4 is 17.1 Å². The summed E-state index contributed by atoms with van der Waals surface area (Å²) in [4.78, 5) is 24.9. The Labute approximate surface area is 153 Å². The number of carbonyl (C=O) groups excluding carboxylic acids is 1. The molecule has 0 saturated carbocycles. The van der Waals surface area contributed by atoms with Gasteiger partial charge in [0.15, 0.2) is 0 Å². The summed E-state index contributed by atoms with van der Waals surface area (Å²) < 4.78 is 16.4. The number of rotatable bonds is 4. The summed E-state index contributed by atoms with van der Waals surface area (Å²) in [5, 5.41) is 6.87. The van der Waals surface area contributed by atoms with Crippen molar-refractivity contribution in [3.63, 3.8) is 0 Å². The van der Waals surface area contributed by atoms with E-state index in [1.807, 2.05) is 30.3 Å². The van der Waals surface area contributed by atoms with Crippen LogP contribution in [0.15, 0.2) is 77.9 Å². The second kappa shape index (κ2) is 6.87. The molecule has 0 aliphatic rings. The maximum Gasteiger partial charge on any atom is 0.277 e. The summed E-state index contributed by atoms with van der Waals surface area (Å²) in [6, 6.07) is 17.1. The summed E-state index contributed by atoms with van der Waals surface area (Å²) in [5.41, 5.74) is 1.64. The quantitative estimate of drug-likeness (QED) is 0.607. The summed E-state index contributed by atoms with van der Waals surface area (Å²) in [6.45, 7) is -0.227. The monoisotopic (exact) mass is 362 g/mol. The van der Waals surface area contributed by atoms with Gasteiger partial charge in [-0.2, -0.15) is 5.10 Å². The molecule has 2 aromatic carbocycles. The van der Waals surface area contributed by atoms with Gasteiger partial charge in [0.25, 0.3) is 5.56 Å². The number of fused-ring (bicyclic) bond motifs is 1. The summed E-state index contributed by atoms with van der Waals surface area (Å²) in [5.74, 6) is -1.02. The third kappa shape index (κ3) is 3.35. The molecular weight excluding hydrogens is 347 g/mol. The van der Waals surface area contributed by atoms with Crippen LogP contribution >= 0.6 is 0 Å². The maximum atomic E-state index is 13.6. The number of halogens is 1. The third-order valence-electron chi connectivity index (χ3n) is 4.13. The zero-order valence-electron chi connectivity index (χ0n) is 14.2. The lowest BCUT2D eigenvalue weighted by Gasteiger charge is -2.08. The highest BCUT2D eigenvalue weighted by Gasteiger charge is 2.12. The van der Waals surface area contributed by atoms with Gasteiger partial charge >= 0.3 is 0 Å². The van der Waals surface area contributed by atoms with Crippen LogP contribution in [0.25, 0.3) is 16.8 Å². The SMILES string of the molecule is O=C(Cn1ccn2nc(-c3ccccc3)cc2c1=O)Nc1ccccc1F. The molecule has 0 radical (unpaired) electrons. The van der Waals surface area contributed by atoms with Gasteiger partial charge in [0, 0.05) is 18.0 Å². The Bertz CT molecular complexity index is 1180. The van der Waals surface area contributed by atoms with Crippen molar-refractivity contribution in [1.82, 2.24) is 14.2 Å². The Morgan fingerprint density at radius 2 is 1.78 bits per heavy atom. The Hall–Kier alpha value is -3.74. The number of aromatic nitrogens is 3.